The second-order valence-corrected chi connectivity index (χ2v) is 7.55. The summed E-state index contributed by atoms with van der Waals surface area (Å²) >= 11 is 0. The Balaban J connectivity index is 3.51. The molecule has 8 nitrogen and oxygen atoms in total. The number of hydrogen-bond acceptors (Lipinski definition) is 8. The highest BCUT2D eigenvalue weighted by Crippen LogP contribution is 2.04. The van der Waals surface area contributed by atoms with E-state index >= 15 is 0 Å². The third-order valence-corrected chi connectivity index (χ3v) is 4.66. The van der Waals surface area contributed by atoms with Gasteiger partial charge in [-0.2, -0.15) is 16.8 Å². The predicted molar refractivity (Wildman–Crippen MR) is 72.1 cm³/mol. The number of aliphatic hydroxyl groups is 2. The van der Waals surface area contributed by atoms with Crippen molar-refractivity contribution >= 4 is 20.2 Å². The van der Waals surface area contributed by atoms with Gasteiger partial charge in [-0.1, -0.05) is 12.8 Å². The van der Waals surface area contributed by atoms with Crippen LogP contribution in [-0.4, -0.2) is 65.0 Å². The van der Waals surface area contributed by atoms with E-state index in [2.05, 4.69) is 8.37 Å². The molecule has 0 aliphatic carbocycles. The maximum absolute atomic E-state index is 11.0. The lowest BCUT2D eigenvalue weighted by molar-refractivity contribution is 0.275. The van der Waals surface area contributed by atoms with Crippen LogP contribution in [-0.2, 0) is 28.6 Å². The molecule has 20 heavy (non-hydrogen) atoms. The summed E-state index contributed by atoms with van der Waals surface area (Å²) in [6.07, 6.45) is 2.40. The zero-order chi connectivity index (χ0) is 15.5. The van der Waals surface area contributed by atoms with Crippen LogP contribution in [0.4, 0.5) is 0 Å². The molecule has 0 unspecified atom stereocenters. The van der Waals surface area contributed by atoms with Crippen molar-refractivity contribution in [1.29, 1.82) is 0 Å². The molecule has 0 aromatic carbocycles. The quantitative estimate of drug-likeness (QED) is 0.332. The van der Waals surface area contributed by atoms with Gasteiger partial charge in [-0.3, -0.25) is 8.37 Å². The maximum atomic E-state index is 11.0. The van der Waals surface area contributed by atoms with Gasteiger partial charge in [0.25, 0.3) is 20.2 Å². The molecule has 0 aromatic rings. The van der Waals surface area contributed by atoms with Crippen LogP contribution < -0.4 is 0 Å². The van der Waals surface area contributed by atoms with E-state index in [4.69, 9.17) is 10.2 Å². The van der Waals surface area contributed by atoms with Gasteiger partial charge in [-0.05, 0) is 12.8 Å². The summed E-state index contributed by atoms with van der Waals surface area (Å²) < 4.78 is 53.4. The van der Waals surface area contributed by atoms with Gasteiger partial charge < -0.3 is 10.2 Å². The van der Waals surface area contributed by atoms with Crippen LogP contribution in [0.3, 0.4) is 0 Å². The molecule has 122 valence electrons. The van der Waals surface area contributed by atoms with Crippen LogP contribution >= 0.6 is 0 Å². The minimum atomic E-state index is -3.63. The van der Waals surface area contributed by atoms with Crippen molar-refractivity contribution in [2.24, 2.45) is 0 Å². The molecule has 0 saturated carbocycles. The monoisotopic (exact) mass is 334 g/mol. The van der Waals surface area contributed by atoms with E-state index in [-0.39, 0.29) is 13.2 Å². The van der Waals surface area contributed by atoms with Gasteiger partial charge in [0.2, 0.25) is 0 Å². The van der Waals surface area contributed by atoms with E-state index in [1.165, 1.54) is 0 Å². The van der Waals surface area contributed by atoms with E-state index in [1.54, 1.807) is 0 Å². The Morgan fingerprint density at radius 2 is 1.00 bits per heavy atom. The van der Waals surface area contributed by atoms with Crippen LogP contribution in [0.5, 0.6) is 0 Å². The number of rotatable bonds is 13. The molecule has 0 aliphatic rings. The lowest BCUT2D eigenvalue weighted by atomic mass is 10.2. The third kappa shape index (κ3) is 11.6. The molecule has 0 saturated heterocycles. The van der Waals surface area contributed by atoms with E-state index in [1.807, 2.05) is 0 Å². The average molecular weight is 334 g/mol. The highest BCUT2D eigenvalue weighted by Gasteiger charge is 2.10. The van der Waals surface area contributed by atoms with Crippen LogP contribution in [0.15, 0.2) is 0 Å². The molecule has 0 aliphatic heterocycles. The van der Waals surface area contributed by atoms with E-state index < -0.39 is 45.0 Å². The molecule has 0 bridgehead atoms. The standard InChI is InChI=1S/C10H22O8S2/c11-5-9-19(13,14)17-7-3-1-2-4-8-18-20(15,16)10-6-12/h11-12H,1-10H2. The summed E-state index contributed by atoms with van der Waals surface area (Å²) in [6.45, 7) is -0.845. The van der Waals surface area contributed by atoms with Crippen molar-refractivity contribution in [3.63, 3.8) is 0 Å². The van der Waals surface area contributed by atoms with E-state index in [0.717, 1.165) is 0 Å². The maximum Gasteiger partial charge on any atom is 0.269 e. The van der Waals surface area contributed by atoms with Gasteiger partial charge in [0.05, 0.1) is 37.9 Å². The Bertz CT molecular complexity index is 386. The summed E-state index contributed by atoms with van der Waals surface area (Å²) in [5.74, 6) is -0.826. The molecule has 10 heteroatoms. The third-order valence-electron chi connectivity index (χ3n) is 2.25. The molecule has 0 radical (unpaired) electrons. The van der Waals surface area contributed by atoms with Crippen LogP contribution in [0.25, 0.3) is 0 Å². The highest BCUT2D eigenvalue weighted by atomic mass is 32.2. The molecule has 0 aromatic heterocycles. The lowest BCUT2D eigenvalue weighted by Gasteiger charge is -2.05. The zero-order valence-corrected chi connectivity index (χ0v) is 12.9. The van der Waals surface area contributed by atoms with Gasteiger partial charge in [-0.25, -0.2) is 0 Å². The first kappa shape index (κ1) is 19.7. The molecule has 0 atom stereocenters. The number of unbranched alkanes of at least 4 members (excludes halogenated alkanes) is 3. The Kier molecular flexibility index (Phi) is 10.3. The molecule has 0 rings (SSSR count). The largest absolute Gasteiger partial charge is 0.395 e. The summed E-state index contributed by atoms with van der Waals surface area (Å²) in [5, 5.41) is 16.9. The van der Waals surface area contributed by atoms with Crippen molar-refractivity contribution in [3.05, 3.63) is 0 Å². The smallest absolute Gasteiger partial charge is 0.269 e. The van der Waals surface area contributed by atoms with Gasteiger partial charge in [0.15, 0.2) is 0 Å². The summed E-state index contributed by atoms with van der Waals surface area (Å²) in [7, 11) is -7.26. The van der Waals surface area contributed by atoms with Crippen molar-refractivity contribution in [1.82, 2.24) is 0 Å². The molecule has 0 fully saturated rings. The normalized spacial score (nSPS) is 12.7. The first-order chi connectivity index (χ1) is 9.33. The summed E-state index contributed by atoms with van der Waals surface area (Å²) in [4.78, 5) is 0. The molecular weight excluding hydrogens is 312 g/mol. The van der Waals surface area contributed by atoms with Crippen molar-refractivity contribution < 1.29 is 35.4 Å². The summed E-state index contributed by atoms with van der Waals surface area (Å²) in [5.41, 5.74) is 0. The fraction of sp³-hybridized carbons (Fsp3) is 1.00. The van der Waals surface area contributed by atoms with Crippen LogP contribution in [0.2, 0.25) is 0 Å². The second kappa shape index (κ2) is 10.5. The Hall–Kier alpha value is -0.260. The first-order valence-electron chi connectivity index (χ1n) is 6.29. The van der Waals surface area contributed by atoms with Gasteiger partial charge >= 0.3 is 0 Å². The van der Waals surface area contributed by atoms with Crippen molar-refractivity contribution in [2.45, 2.75) is 25.7 Å². The minimum absolute atomic E-state index is 0.0476. The lowest BCUT2D eigenvalue weighted by Crippen LogP contribution is -2.14. The van der Waals surface area contributed by atoms with Gasteiger partial charge in [0, 0.05) is 0 Å². The summed E-state index contributed by atoms with van der Waals surface area (Å²) in [6, 6.07) is 0. The van der Waals surface area contributed by atoms with Crippen LogP contribution in [0.1, 0.15) is 25.7 Å². The molecular formula is C10H22O8S2. The fourth-order valence-electron chi connectivity index (χ4n) is 1.27. The molecule has 2 N–H and O–H groups in total. The highest BCUT2D eigenvalue weighted by molar-refractivity contribution is 7.86. The second-order valence-electron chi connectivity index (χ2n) is 4.03. The Morgan fingerprint density at radius 1 is 0.650 bits per heavy atom. The molecule has 0 amide bonds. The minimum Gasteiger partial charge on any atom is -0.395 e. The molecule has 0 heterocycles. The number of hydrogen-bond donors (Lipinski definition) is 2. The van der Waals surface area contributed by atoms with E-state index in [0.29, 0.717) is 25.7 Å². The molecule has 0 spiro atoms. The first-order valence-corrected chi connectivity index (χ1v) is 9.44. The average Bonchev–Trinajstić information content (AvgIpc) is 2.32. The fourth-order valence-corrected chi connectivity index (χ4v) is 2.70. The Morgan fingerprint density at radius 3 is 1.30 bits per heavy atom. The Labute approximate surface area is 120 Å². The topological polar surface area (TPSA) is 127 Å². The number of aliphatic hydroxyl groups excluding tert-OH is 2. The van der Waals surface area contributed by atoms with Crippen LogP contribution in [0, 0.1) is 0 Å². The van der Waals surface area contributed by atoms with Gasteiger partial charge in [0.1, 0.15) is 0 Å². The van der Waals surface area contributed by atoms with Crippen molar-refractivity contribution in [3.8, 4) is 0 Å². The van der Waals surface area contributed by atoms with Crippen molar-refractivity contribution in [2.75, 3.05) is 37.9 Å². The predicted octanol–water partition coefficient (Wildman–Crippen LogP) is -0.776. The van der Waals surface area contributed by atoms with Gasteiger partial charge in [-0.15, -0.1) is 0 Å². The van der Waals surface area contributed by atoms with E-state index in [9.17, 15) is 16.8 Å². The zero-order valence-electron chi connectivity index (χ0n) is 11.2. The SMILES string of the molecule is O=S(=O)(CCO)OCCCCCCOS(=O)(=O)CCO.